The molecule has 1 aliphatic carbocycles. The van der Waals surface area contributed by atoms with Crippen LogP contribution in [0.25, 0.3) is 0 Å². The van der Waals surface area contributed by atoms with Gasteiger partial charge in [-0.25, -0.2) is 4.98 Å². The Kier molecular flexibility index (Phi) is 4.18. The molecule has 1 aromatic carbocycles. The van der Waals surface area contributed by atoms with Crippen molar-refractivity contribution in [1.29, 1.82) is 0 Å². The molecular weight excluding hydrogens is 264 g/mol. The molecule has 0 amide bonds. The lowest BCUT2D eigenvalue weighted by molar-refractivity contribution is 0.281. The Hall–Kier alpha value is -1.91. The molecule has 0 bridgehead atoms. The van der Waals surface area contributed by atoms with Gasteiger partial charge in [0, 0.05) is 24.3 Å². The van der Waals surface area contributed by atoms with Crippen LogP contribution in [-0.2, 0) is 13.2 Å². The number of pyridine rings is 1. The Morgan fingerprint density at radius 2 is 2.00 bits per heavy atom. The van der Waals surface area contributed by atoms with Gasteiger partial charge in [-0.05, 0) is 49.1 Å². The molecule has 4 nitrogen and oxygen atoms in total. The molecule has 0 atom stereocenters. The van der Waals surface area contributed by atoms with Crippen LogP contribution in [0.15, 0.2) is 36.5 Å². The lowest BCUT2D eigenvalue weighted by atomic mass is 10.2. The summed E-state index contributed by atoms with van der Waals surface area (Å²) in [6.07, 6.45) is 4.44. The standard InChI is InChI=1S/C17H20N2O2/c1-12-8-14(9-18-15-4-5-15)10-19-17(12)21-16-6-2-13(11-20)3-7-16/h2-3,6-8,10,15,18,20H,4-5,9,11H2,1H3. The molecule has 2 aromatic rings. The number of hydrogen-bond donors (Lipinski definition) is 2. The number of aryl methyl sites for hydroxylation is 1. The van der Waals surface area contributed by atoms with E-state index in [1.54, 1.807) is 0 Å². The molecule has 0 radical (unpaired) electrons. The van der Waals surface area contributed by atoms with Crippen molar-refractivity contribution in [3.63, 3.8) is 0 Å². The SMILES string of the molecule is Cc1cc(CNC2CC2)cnc1Oc1ccc(CO)cc1. The smallest absolute Gasteiger partial charge is 0.222 e. The maximum atomic E-state index is 9.03. The molecule has 3 rings (SSSR count). The van der Waals surface area contributed by atoms with Gasteiger partial charge < -0.3 is 15.2 Å². The van der Waals surface area contributed by atoms with Crippen molar-refractivity contribution >= 4 is 0 Å². The first kappa shape index (κ1) is 14.0. The molecule has 0 aliphatic heterocycles. The van der Waals surface area contributed by atoms with E-state index in [4.69, 9.17) is 9.84 Å². The minimum atomic E-state index is 0.0419. The Morgan fingerprint density at radius 3 is 2.62 bits per heavy atom. The first-order chi connectivity index (χ1) is 10.2. The van der Waals surface area contributed by atoms with Crippen LogP contribution in [0.2, 0.25) is 0 Å². The summed E-state index contributed by atoms with van der Waals surface area (Å²) in [7, 11) is 0. The third-order valence-electron chi connectivity index (χ3n) is 3.58. The quantitative estimate of drug-likeness (QED) is 0.856. The minimum absolute atomic E-state index is 0.0419. The number of nitrogens with one attached hydrogen (secondary N) is 1. The fourth-order valence-corrected chi connectivity index (χ4v) is 2.15. The van der Waals surface area contributed by atoms with Crippen molar-refractivity contribution in [3.05, 3.63) is 53.2 Å². The fourth-order valence-electron chi connectivity index (χ4n) is 2.15. The largest absolute Gasteiger partial charge is 0.439 e. The third-order valence-corrected chi connectivity index (χ3v) is 3.58. The zero-order chi connectivity index (χ0) is 14.7. The molecule has 21 heavy (non-hydrogen) atoms. The van der Waals surface area contributed by atoms with Gasteiger partial charge in [0.25, 0.3) is 0 Å². The van der Waals surface area contributed by atoms with Gasteiger partial charge in [-0.2, -0.15) is 0 Å². The van der Waals surface area contributed by atoms with Crippen LogP contribution in [-0.4, -0.2) is 16.1 Å². The summed E-state index contributed by atoms with van der Waals surface area (Å²) in [6, 6.07) is 10.2. The van der Waals surface area contributed by atoms with Gasteiger partial charge in [0.1, 0.15) is 5.75 Å². The van der Waals surface area contributed by atoms with Crippen molar-refractivity contribution in [2.45, 2.75) is 39.0 Å². The first-order valence-corrected chi connectivity index (χ1v) is 7.31. The number of aromatic nitrogens is 1. The lowest BCUT2D eigenvalue weighted by Crippen LogP contribution is -2.15. The zero-order valence-corrected chi connectivity index (χ0v) is 12.2. The maximum Gasteiger partial charge on any atom is 0.222 e. The molecule has 1 heterocycles. The summed E-state index contributed by atoms with van der Waals surface area (Å²) < 4.78 is 5.79. The van der Waals surface area contributed by atoms with E-state index in [-0.39, 0.29) is 6.61 Å². The second kappa shape index (κ2) is 6.24. The van der Waals surface area contributed by atoms with E-state index >= 15 is 0 Å². The topological polar surface area (TPSA) is 54.4 Å². The molecule has 1 fully saturated rings. The van der Waals surface area contributed by atoms with E-state index in [2.05, 4.69) is 16.4 Å². The molecule has 110 valence electrons. The molecule has 0 saturated heterocycles. The maximum absolute atomic E-state index is 9.03. The number of benzene rings is 1. The average Bonchev–Trinajstić information content (AvgIpc) is 3.33. The predicted octanol–water partition coefficient (Wildman–Crippen LogP) is 2.93. The van der Waals surface area contributed by atoms with E-state index in [1.165, 1.54) is 18.4 Å². The second-order valence-electron chi connectivity index (χ2n) is 5.52. The Morgan fingerprint density at radius 1 is 1.24 bits per heavy atom. The van der Waals surface area contributed by atoms with Gasteiger partial charge in [-0.15, -0.1) is 0 Å². The van der Waals surface area contributed by atoms with Crippen molar-refractivity contribution < 1.29 is 9.84 Å². The summed E-state index contributed by atoms with van der Waals surface area (Å²) in [6.45, 7) is 2.91. The summed E-state index contributed by atoms with van der Waals surface area (Å²) in [5.74, 6) is 1.36. The lowest BCUT2D eigenvalue weighted by Gasteiger charge is -2.10. The van der Waals surface area contributed by atoms with Crippen molar-refractivity contribution in [1.82, 2.24) is 10.3 Å². The molecule has 0 spiro atoms. The van der Waals surface area contributed by atoms with Crippen molar-refractivity contribution in [3.8, 4) is 11.6 Å². The normalized spacial score (nSPS) is 14.2. The van der Waals surface area contributed by atoms with E-state index in [0.29, 0.717) is 11.9 Å². The highest BCUT2D eigenvalue weighted by Gasteiger charge is 2.20. The summed E-state index contributed by atoms with van der Waals surface area (Å²) in [5, 5.41) is 12.5. The number of aliphatic hydroxyl groups is 1. The van der Waals surface area contributed by atoms with E-state index in [0.717, 1.165) is 23.4 Å². The monoisotopic (exact) mass is 284 g/mol. The molecule has 4 heteroatoms. The predicted molar refractivity (Wildman–Crippen MR) is 81.3 cm³/mol. The van der Waals surface area contributed by atoms with Gasteiger partial charge in [0.15, 0.2) is 0 Å². The summed E-state index contributed by atoms with van der Waals surface area (Å²) in [4.78, 5) is 4.40. The number of ether oxygens (including phenoxy) is 1. The first-order valence-electron chi connectivity index (χ1n) is 7.31. The molecular formula is C17H20N2O2. The van der Waals surface area contributed by atoms with Crippen LogP contribution in [0.5, 0.6) is 11.6 Å². The Labute approximate surface area is 124 Å². The Balaban J connectivity index is 1.66. The van der Waals surface area contributed by atoms with Gasteiger partial charge in [-0.3, -0.25) is 0 Å². The van der Waals surface area contributed by atoms with Crippen LogP contribution in [0.1, 0.15) is 29.5 Å². The molecule has 0 unspecified atom stereocenters. The highest BCUT2D eigenvalue weighted by atomic mass is 16.5. The van der Waals surface area contributed by atoms with Crippen LogP contribution in [0.3, 0.4) is 0 Å². The summed E-state index contributed by atoms with van der Waals surface area (Å²) >= 11 is 0. The van der Waals surface area contributed by atoms with E-state index in [9.17, 15) is 0 Å². The molecule has 1 aliphatic rings. The number of nitrogens with zero attached hydrogens (tertiary/aromatic N) is 1. The van der Waals surface area contributed by atoms with Gasteiger partial charge >= 0.3 is 0 Å². The summed E-state index contributed by atoms with van der Waals surface area (Å²) in [5.41, 5.74) is 3.08. The van der Waals surface area contributed by atoms with Crippen LogP contribution in [0.4, 0.5) is 0 Å². The number of rotatable bonds is 6. The number of hydrogen-bond acceptors (Lipinski definition) is 4. The average molecular weight is 284 g/mol. The van der Waals surface area contributed by atoms with Crippen LogP contribution < -0.4 is 10.1 Å². The minimum Gasteiger partial charge on any atom is -0.439 e. The Bertz CT molecular complexity index is 607. The highest BCUT2D eigenvalue weighted by molar-refractivity contribution is 5.34. The molecule has 1 saturated carbocycles. The van der Waals surface area contributed by atoms with Crippen molar-refractivity contribution in [2.75, 3.05) is 0 Å². The third kappa shape index (κ3) is 3.80. The molecule has 2 N–H and O–H groups in total. The van der Waals surface area contributed by atoms with Gasteiger partial charge in [-0.1, -0.05) is 12.1 Å². The molecule has 1 aromatic heterocycles. The fraction of sp³-hybridized carbons (Fsp3) is 0.353. The van der Waals surface area contributed by atoms with Crippen LogP contribution in [0, 0.1) is 6.92 Å². The van der Waals surface area contributed by atoms with E-state index < -0.39 is 0 Å². The second-order valence-corrected chi connectivity index (χ2v) is 5.52. The van der Waals surface area contributed by atoms with Crippen LogP contribution >= 0.6 is 0 Å². The zero-order valence-electron chi connectivity index (χ0n) is 12.2. The van der Waals surface area contributed by atoms with Gasteiger partial charge in [0.2, 0.25) is 5.88 Å². The van der Waals surface area contributed by atoms with Gasteiger partial charge in [0.05, 0.1) is 6.61 Å². The highest BCUT2D eigenvalue weighted by Crippen LogP contribution is 2.24. The number of aliphatic hydroxyl groups excluding tert-OH is 1. The van der Waals surface area contributed by atoms with E-state index in [1.807, 2.05) is 37.4 Å². The van der Waals surface area contributed by atoms with Crippen molar-refractivity contribution in [2.24, 2.45) is 0 Å².